The van der Waals surface area contributed by atoms with Crippen LogP contribution >= 0.6 is 35.4 Å². The van der Waals surface area contributed by atoms with E-state index in [0.29, 0.717) is 10.0 Å². The molecule has 0 spiro atoms. The summed E-state index contributed by atoms with van der Waals surface area (Å²) in [5.74, 6) is 0.846. The maximum absolute atomic E-state index is 6.23. The maximum atomic E-state index is 6.23. The highest BCUT2D eigenvalue weighted by atomic mass is 35.5. The molecule has 0 amide bonds. The van der Waals surface area contributed by atoms with Crippen LogP contribution in [-0.2, 0) is 6.42 Å². The minimum atomic E-state index is 0.204. The van der Waals surface area contributed by atoms with Gasteiger partial charge < -0.3 is 11.1 Å². The first kappa shape index (κ1) is 12.7. The number of thiocarbonyl (C=S) groups is 1. The molecule has 0 unspecified atom stereocenters. The van der Waals surface area contributed by atoms with Crippen molar-refractivity contribution in [1.82, 2.24) is 9.78 Å². The van der Waals surface area contributed by atoms with E-state index >= 15 is 0 Å². The Kier molecular flexibility index (Phi) is 3.12. The number of hydrogen-bond acceptors (Lipinski definition) is 3. The summed E-state index contributed by atoms with van der Waals surface area (Å²) < 4.78 is 1.53. The lowest BCUT2D eigenvalue weighted by Crippen LogP contribution is -2.22. The van der Waals surface area contributed by atoms with Gasteiger partial charge in [-0.2, -0.15) is 9.78 Å². The van der Waals surface area contributed by atoms with Crippen molar-refractivity contribution >= 4 is 46.4 Å². The second kappa shape index (κ2) is 4.67. The molecule has 1 aliphatic rings. The van der Waals surface area contributed by atoms with E-state index in [9.17, 15) is 0 Å². The quantitative estimate of drug-likeness (QED) is 0.795. The van der Waals surface area contributed by atoms with Crippen LogP contribution in [0, 0.1) is 0 Å². The largest absolute Gasteiger partial charge is 0.374 e. The first-order chi connectivity index (χ1) is 9.08. The average molecular weight is 313 g/mol. The number of hydrogen-bond donors (Lipinski definition) is 2. The molecule has 4 nitrogen and oxygen atoms in total. The third kappa shape index (κ3) is 2.08. The molecule has 3 N–H and O–H groups in total. The van der Waals surface area contributed by atoms with E-state index in [2.05, 4.69) is 10.4 Å². The van der Waals surface area contributed by atoms with Crippen molar-refractivity contribution < 1.29 is 0 Å². The Morgan fingerprint density at radius 2 is 2.21 bits per heavy atom. The van der Waals surface area contributed by atoms with Gasteiger partial charge in [0.1, 0.15) is 5.82 Å². The molecule has 0 saturated carbocycles. The van der Waals surface area contributed by atoms with Gasteiger partial charge in [0.25, 0.3) is 0 Å². The SMILES string of the molecule is NC(=S)n1nc(-c2cc(Cl)ccc2Cl)c2c1NCC2. The minimum absolute atomic E-state index is 0.204. The molecule has 1 aromatic carbocycles. The van der Waals surface area contributed by atoms with Crippen LogP contribution in [0.15, 0.2) is 18.2 Å². The van der Waals surface area contributed by atoms with Crippen LogP contribution in [0.3, 0.4) is 0 Å². The summed E-state index contributed by atoms with van der Waals surface area (Å²) in [4.78, 5) is 0. The van der Waals surface area contributed by atoms with Crippen LogP contribution in [0.4, 0.5) is 5.82 Å². The summed E-state index contributed by atoms with van der Waals surface area (Å²) in [7, 11) is 0. The zero-order valence-electron chi connectivity index (χ0n) is 9.78. The third-order valence-corrected chi connectivity index (χ3v) is 3.78. The number of aromatic nitrogens is 2. The van der Waals surface area contributed by atoms with Crippen molar-refractivity contribution in [3.8, 4) is 11.3 Å². The van der Waals surface area contributed by atoms with E-state index in [-0.39, 0.29) is 5.11 Å². The van der Waals surface area contributed by atoms with Gasteiger partial charge in [0.05, 0.1) is 10.7 Å². The van der Waals surface area contributed by atoms with Crippen molar-refractivity contribution in [2.75, 3.05) is 11.9 Å². The van der Waals surface area contributed by atoms with Gasteiger partial charge in [-0.05, 0) is 36.8 Å². The molecule has 0 saturated heterocycles. The Balaban J connectivity index is 2.23. The number of benzene rings is 1. The van der Waals surface area contributed by atoms with Crippen molar-refractivity contribution in [3.63, 3.8) is 0 Å². The lowest BCUT2D eigenvalue weighted by molar-refractivity contribution is 0.935. The molecule has 0 radical (unpaired) electrons. The van der Waals surface area contributed by atoms with Crippen LogP contribution < -0.4 is 11.1 Å². The number of nitrogens with zero attached hydrogens (tertiary/aromatic N) is 2. The summed E-state index contributed by atoms with van der Waals surface area (Å²) >= 11 is 17.3. The normalized spacial score (nSPS) is 13.2. The molecule has 0 bridgehead atoms. The maximum Gasteiger partial charge on any atom is 0.193 e. The van der Waals surface area contributed by atoms with Crippen LogP contribution in [0.1, 0.15) is 5.56 Å². The summed E-state index contributed by atoms with van der Waals surface area (Å²) in [6, 6.07) is 5.30. The summed E-state index contributed by atoms with van der Waals surface area (Å²) in [5.41, 5.74) is 8.32. The predicted molar refractivity (Wildman–Crippen MR) is 82.1 cm³/mol. The highest BCUT2D eigenvalue weighted by molar-refractivity contribution is 7.80. The second-order valence-corrected chi connectivity index (χ2v) is 5.49. The average Bonchev–Trinajstić information content (AvgIpc) is 2.93. The molecule has 0 aliphatic carbocycles. The van der Waals surface area contributed by atoms with E-state index in [1.165, 1.54) is 4.68 Å². The van der Waals surface area contributed by atoms with Crippen LogP contribution in [0.25, 0.3) is 11.3 Å². The predicted octanol–water partition coefficient (Wildman–Crippen LogP) is 2.92. The Bertz CT molecular complexity index is 681. The van der Waals surface area contributed by atoms with E-state index in [1.807, 2.05) is 0 Å². The first-order valence-corrected chi connectivity index (χ1v) is 6.85. The fourth-order valence-electron chi connectivity index (χ4n) is 2.23. The summed E-state index contributed by atoms with van der Waals surface area (Å²) in [6.45, 7) is 0.834. The standard InChI is InChI=1S/C12H10Cl2N4S/c13-6-1-2-9(14)8(5-6)10-7-3-4-16-11(7)18(17-10)12(15)19/h1-2,5,16H,3-4H2,(H2,15,19). The molecule has 19 heavy (non-hydrogen) atoms. The first-order valence-electron chi connectivity index (χ1n) is 5.69. The molecule has 0 fully saturated rings. The number of fused-ring (bicyclic) bond motifs is 1. The van der Waals surface area contributed by atoms with Gasteiger partial charge in [0.15, 0.2) is 5.11 Å². The number of anilines is 1. The van der Waals surface area contributed by atoms with Gasteiger partial charge in [-0.1, -0.05) is 23.2 Å². The van der Waals surface area contributed by atoms with E-state index < -0.39 is 0 Å². The Morgan fingerprint density at radius 3 is 2.95 bits per heavy atom. The summed E-state index contributed by atoms with van der Waals surface area (Å²) in [6.07, 6.45) is 0.857. The molecule has 1 aliphatic heterocycles. The zero-order valence-corrected chi connectivity index (χ0v) is 12.1. The molecule has 7 heteroatoms. The van der Waals surface area contributed by atoms with Gasteiger partial charge in [-0.25, -0.2) is 0 Å². The number of nitrogens with one attached hydrogen (secondary N) is 1. The third-order valence-electron chi connectivity index (χ3n) is 3.04. The lowest BCUT2D eigenvalue weighted by Gasteiger charge is -2.04. The van der Waals surface area contributed by atoms with E-state index in [1.54, 1.807) is 18.2 Å². The smallest absolute Gasteiger partial charge is 0.193 e. The monoisotopic (exact) mass is 312 g/mol. The molecule has 2 aromatic rings. The fourth-order valence-corrected chi connectivity index (χ4v) is 2.74. The van der Waals surface area contributed by atoms with Crippen molar-refractivity contribution in [2.24, 2.45) is 5.73 Å². The number of nitrogens with two attached hydrogens (primary N) is 1. The van der Waals surface area contributed by atoms with Crippen molar-refractivity contribution in [2.45, 2.75) is 6.42 Å². The lowest BCUT2D eigenvalue weighted by atomic mass is 10.1. The number of rotatable bonds is 1. The van der Waals surface area contributed by atoms with Gasteiger partial charge in [0, 0.05) is 22.7 Å². The Hall–Kier alpha value is -1.30. The van der Waals surface area contributed by atoms with Crippen LogP contribution in [-0.4, -0.2) is 21.4 Å². The topological polar surface area (TPSA) is 55.9 Å². The highest BCUT2D eigenvalue weighted by Gasteiger charge is 2.25. The van der Waals surface area contributed by atoms with E-state index in [0.717, 1.165) is 35.6 Å². The Labute approximate surface area is 125 Å². The molecule has 2 heterocycles. The molecule has 1 aromatic heterocycles. The fraction of sp³-hybridized carbons (Fsp3) is 0.167. The molecular weight excluding hydrogens is 303 g/mol. The van der Waals surface area contributed by atoms with Gasteiger partial charge in [-0.15, -0.1) is 0 Å². The number of halogens is 2. The summed E-state index contributed by atoms with van der Waals surface area (Å²) in [5, 5.41) is 9.10. The zero-order chi connectivity index (χ0) is 13.6. The molecule has 0 atom stereocenters. The van der Waals surface area contributed by atoms with Crippen LogP contribution in [0.2, 0.25) is 10.0 Å². The van der Waals surface area contributed by atoms with Gasteiger partial charge in [-0.3, -0.25) is 0 Å². The Morgan fingerprint density at radius 1 is 1.42 bits per heavy atom. The van der Waals surface area contributed by atoms with Crippen LogP contribution in [0.5, 0.6) is 0 Å². The van der Waals surface area contributed by atoms with Crippen molar-refractivity contribution in [3.05, 3.63) is 33.8 Å². The van der Waals surface area contributed by atoms with Gasteiger partial charge >= 0.3 is 0 Å². The van der Waals surface area contributed by atoms with Gasteiger partial charge in [0.2, 0.25) is 0 Å². The highest BCUT2D eigenvalue weighted by Crippen LogP contribution is 2.37. The van der Waals surface area contributed by atoms with E-state index in [4.69, 9.17) is 41.2 Å². The minimum Gasteiger partial charge on any atom is -0.374 e. The molecule has 3 rings (SSSR count). The molecule has 98 valence electrons. The van der Waals surface area contributed by atoms with Crippen molar-refractivity contribution in [1.29, 1.82) is 0 Å². The second-order valence-electron chi connectivity index (χ2n) is 4.23. The molecular formula is C12H10Cl2N4S.